The van der Waals surface area contributed by atoms with Crippen molar-refractivity contribution in [2.45, 2.75) is 30.8 Å². The molecule has 0 radical (unpaired) electrons. The summed E-state index contributed by atoms with van der Waals surface area (Å²) in [7, 11) is -2.59. The van der Waals surface area contributed by atoms with E-state index in [0.29, 0.717) is 0 Å². The van der Waals surface area contributed by atoms with Gasteiger partial charge in [0.15, 0.2) is 9.84 Å². The lowest BCUT2D eigenvalue weighted by Gasteiger charge is -1.73. The van der Waals surface area contributed by atoms with Crippen molar-refractivity contribution in [2.24, 2.45) is 0 Å². The molecule has 1 rings (SSSR count). The molecule has 3 heteroatoms. The van der Waals surface area contributed by atoms with Gasteiger partial charge >= 0.3 is 0 Å². The third-order valence-corrected chi connectivity index (χ3v) is 4.43. The van der Waals surface area contributed by atoms with Crippen LogP contribution in [-0.2, 0) is 9.84 Å². The van der Waals surface area contributed by atoms with Gasteiger partial charge < -0.3 is 0 Å². The van der Waals surface area contributed by atoms with Crippen LogP contribution in [0.15, 0.2) is 0 Å². The van der Waals surface area contributed by atoms with E-state index in [0.717, 1.165) is 6.42 Å². The topological polar surface area (TPSA) is 34.1 Å². The molecule has 0 N–H and O–H groups in total. The normalized spacial score (nSPS) is 41.8. The minimum Gasteiger partial charge on any atom is -0.228 e. The van der Waals surface area contributed by atoms with Crippen molar-refractivity contribution in [3.63, 3.8) is 0 Å². The van der Waals surface area contributed by atoms with Gasteiger partial charge in [0.1, 0.15) is 0 Å². The van der Waals surface area contributed by atoms with E-state index in [-0.39, 0.29) is 10.5 Å². The molecule has 0 bridgehead atoms. The monoisotopic (exact) mass is 134 g/mol. The molecule has 0 aromatic carbocycles. The first-order chi connectivity index (χ1) is 3.60. The number of hydrogen-bond donors (Lipinski definition) is 0. The van der Waals surface area contributed by atoms with Gasteiger partial charge in [-0.2, -0.15) is 0 Å². The Morgan fingerprint density at radius 2 is 1.88 bits per heavy atom. The fourth-order valence-electron chi connectivity index (χ4n) is 1.03. The fourth-order valence-corrected chi connectivity index (χ4v) is 2.89. The Kier molecular flexibility index (Phi) is 1.11. The van der Waals surface area contributed by atoms with E-state index >= 15 is 0 Å². The van der Waals surface area contributed by atoms with Crippen molar-refractivity contribution in [2.75, 3.05) is 0 Å². The maximum atomic E-state index is 10.6. The molecule has 1 aliphatic rings. The van der Waals surface area contributed by atoms with Crippen LogP contribution in [0.4, 0.5) is 0 Å². The summed E-state index contributed by atoms with van der Waals surface area (Å²) < 4.78 is 21.3. The van der Waals surface area contributed by atoms with Gasteiger partial charge in [0.25, 0.3) is 0 Å². The highest BCUT2D eigenvalue weighted by Crippen LogP contribution is 2.34. The second-order valence-electron chi connectivity index (χ2n) is 2.24. The Morgan fingerprint density at radius 1 is 1.50 bits per heavy atom. The number of hydrogen-bond acceptors (Lipinski definition) is 2. The van der Waals surface area contributed by atoms with Gasteiger partial charge in [-0.05, 0) is 13.3 Å². The molecular formula is C5H10O2S. The van der Waals surface area contributed by atoms with Gasteiger partial charge in [-0.3, -0.25) is 0 Å². The molecule has 0 aliphatic carbocycles. The summed E-state index contributed by atoms with van der Waals surface area (Å²) in [6.45, 7) is 3.68. The molecule has 0 amide bonds. The van der Waals surface area contributed by atoms with Crippen LogP contribution in [-0.4, -0.2) is 18.9 Å². The zero-order chi connectivity index (χ0) is 6.36. The summed E-state index contributed by atoms with van der Waals surface area (Å²) in [5, 5.41) is -0.0602. The molecule has 0 spiro atoms. The maximum absolute atomic E-state index is 10.6. The van der Waals surface area contributed by atoms with Gasteiger partial charge in [0.05, 0.1) is 10.5 Å². The zero-order valence-corrected chi connectivity index (χ0v) is 5.90. The molecule has 1 aliphatic heterocycles. The molecule has 1 heterocycles. The molecule has 0 saturated carbocycles. The van der Waals surface area contributed by atoms with E-state index < -0.39 is 9.84 Å². The van der Waals surface area contributed by atoms with Crippen LogP contribution in [0.1, 0.15) is 20.3 Å². The summed E-state index contributed by atoms with van der Waals surface area (Å²) >= 11 is 0. The first kappa shape index (κ1) is 6.08. The predicted octanol–water partition coefficient (Wildman–Crippen LogP) is 0.582. The SMILES string of the molecule is CCC1C(C)S1(=O)=O. The van der Waals surface area contributed by atoms with E-state index in [4.69, 9.17) is 0 Å². The lowest BCUT2D eigenvalue weighted by Crippen LogP contribution is -1.83. The Labute approximate surface area is 49.8 Å². The Morgan fingerprint density at radius 3 is 1.88 bits per heavy atom. The Balaban J connectivity index is 2.73. The van der Waals surface area contributed by atoms with E-state index in [1.807, 2.05) is 6.92 Å². The minimum absolute atomic E-state index is 0.0116. The Bertz CT molecular complexity index is 181. The van der Waals surface area contributed by atoms with Crippen molar-refractivity contribution >= 4 is 9.84 Å². The summed E-state index contributed by atoms with van der Waals surface area (Å²) in [5.74, 6) is 0. The van der Waals surface area contributed by atoms with Crippen molar-refractivity contribution < 1.29 is 8.42 Å². The van der Waals surface area contributed by atoms with Crippen LogP contribution in [0.5, 0.6) is 0 Å². The van der Waals surface area contributed by atoms with Gasteiger partial charge in [0, 0.05) is 0 Å². The van der Waals surface area contributed by atoms with Crippen LogP contribution < -0.4 is 0 Å². The van der Waals surface area contributed by atoms with Crippen LogP contribution in [0, 0.1) is 0 Å². The van der Waals surface area contributed by atoms with Crippen LogP contribution in [0.25, 0.3) is 0 Å². The largest absolute Gasteiger partial charge is 0.228 e. The molecular weight excluding hydrogens is 124 g/mol. The molecule has 0 aromatic heterocycles. The standard InChI is InChI=1S/C5H10O2S/c1-3-5-4(2)8(5,6)7/h4-5H,3H2,1-2H3. The van der Waals surface area contributed by atoms with Gasteiger partial charge in [0.2, 0.25) is 0 Å². The van der Waals surface area contributed by atoms with Crippen LogP contribution in [0.2, 0.25) is 0 Å². The summed E-state index contributed by atoms with van der Waals surface area (Å²) in [5.41, 5.74) is 0. The highest BCUT2D eigenvalue weighted by molar-refractivity contribution is 7.99. The van der Waals surface area contributed by atoms with Crippen molar-refractivity contribution in [1.29, 1.82) is 0 Å². The number of sulfone groups is 1. The number of rotatable bonds is 1. The highest BCUT2D eigenvalue weighted by atomic mass is 32.2. The average Bonchev–Trinajstić information content (AvgIpc) is 2.09. The second-order valence-corrected chi connectivity index (χ2v) is 4.77. The third-order valence-electron chi connectivity index (χ3n) is 1.79. The third kappa shape index (κ3) is 0.573. The second kappa shape index (κ2) is 1.47. The predicted molar refractivity (Wildman–Crippen MR) is 32.5 cm³/mol. The summed E-state index contributed by atoms with van der Waals surface area (Å²) in [4.78, 5) is 0. The molecule has 2 nitrogen and oxygen atoms in total. The average molecular weight is 134 g/mol. The molecule has 1 saturated heterocycles. The van der Waals surface area contributed by atoms with E-state index in [9.17, 15) is 8.42 Å². The molecule has 1 fully saturated rings. The maximum Gasteiger partial charge on any atom is 0.158 e. The molecule has 2 atom stereocenters. The highest BCUT2D eigenvalue weighted by Gasteiger charge is 2.51. The first-order valence-electron chi connectivity index (χ1n) is 2.83. The lowest BCUT2D eigenvalue weighted by atomic mass is 10.3. The van der Waals surface area contributed by atoms with Gasteiger partial charge in [-0.25, -0.2) is 8.42 Å². The zero-order valence-electron chi connectivity index (χ0n) is 5.09. The van der Waals surface area contributed by atoms with E-state index in [1.54, 1.807) is 6.92 Å². The smallest absolute Gasteiger partial charge is 0.158 e. The van der Waals surface area contributed by atoms with Crippen molar-refractivity contribution in [1.82, 2.24) is 0 Å². The van der Waals surface area contributed by atoms with Crippen molar-refractivity contribution in [3.05, 3.63) is 0 Å². The molecule has 2 unspecified atom stereocenters. The molecule has 48 valence electrons. The Hall–Kier alpha value is -0.0500. The molecule has 8 heavy (non-hydrogen) atoms. The quantitative estimate of drug-likeness (QED) is 0.492. The van der Waals surface area contributed by atoms with Crippen LogP contribution >= 0.6 is 0 Å². The summed E-state index contributed by atoms with van der Waals surface area (Å²) in [6.07, 6.45) is 0.781. The van der Waals surface area contributed by atoms with Gasteiger partial charge in [-0.15, -0.1) is 0 Å². The lowest BCUT2D eigenvalue weighted by molar-refractivity contribution is 0.610. The van der Waals surface area contributed by atoms with Crippen molar-refractivity contribution in [3.8, 4) is 0 Å². The van der Waals surface area contributed by atoms with Crippen LogP contribution in [0.3, 0.4) is 0 Å². The first-order valence-corrected chi connectivity index (χ1v) is 4.44. The minimum atomic E-state index is -2.59. The van der Waals surface area contributed by atoms with E-state index in [2.05, 4.69) is 0 Å². The summed E-state index contributed by atoms with van der Waals surface area (Å²) in [6, 6.07) is 0. The fraction of sp³-hybridized carbons (Fsp3) is 1.00. The van der Waals surface area contributed by atoms with E-state index in [1.165, 1.54) is 0 Å². The van der Waals surface area contributed by atoms with Gasteiger partial charge in [-0.1, -0.05) is 6.92 Å². The molecule has 0 aromatic rings.